The molecule has 0 aromatic heterocycles. The van der Waals surface area contributed by atoms with E-state index < -0.39 is 7.60 Å². The Bertz CT molecular complexity index is 201. The first-order valence-electron chi connectivity index (χ1n) is 4.12. The Morgan fingerprint density at radius 3 is 2.92 bits per heavy atom. The molecule has 6 heteroatoms. The number of rotatable bonds is 4. The highest BCUT2D eigenvalue weighted by molar-refractivity contribution is 7.51. The minimum absolute atomic E-state index is 0.217. The predicted molar refractivity (Wildman–Crippen MR) is 46.9 cm³/mol. The first-order valence-corrected chi connectivity index (χ1v) is 6.14. The van der Waals surface area contributed by atoms with Gasteiger partial charge in [-0.2, -0.15) is 0 Å². The Kier molecular flexibility index (Phi) is 3.88. The molecule has 0 aromatic carbocycles. The van der Waals surface area contributed by atoms with E-state index in [1.54, 1.807) is 7.11 Å². The summed E-state index contributed by atoms with van der Waals surface area (Å²) >= 11 is 0. The Morgan fingerprint density at radius 2 is 2.38 bits per heavy atom. The van der Waals surface area contributed by atoms with Gasteiger partial charge >= 0.3 is 7.60 Å². The van der Waals surface area contributed by atoms with Gasteiger partial charge in [0.1, 0.15) is 6.10 Å². The minimum atomic E-state index is -3.41. The fourth-order valence-electron chi connectivity index (χ4n) is 1.32. The maximum absolute atomic E-state index is 11.0. The van der Waals surface area contributed by atoms with Gasteiger partial charge in [-0.25, -0.2) is 0 Å². The largest absolute Gasteiger partial charge is 0.382 e. The summed E-state index contributed by atoms with van der Waals surface area (Å²) in [6.07, 6.45) is 0.109. The molecular weight excluding hydrogens is 195 g/mol. The van der Waals surface area contributed by atoms with Gasteiger partial charge in [0.15, 0.2) is 0 Å². The van der Waals surface area contributed by atoms with Crippen LogP contribution >= 0.6 is 7.60 Å². The smallest absolute Gasteiger partial charge is 0.325 e. The summed E-state index contributed by atoms with van der Waals surface area (Å²) < 4.78 is 26.1. The van der Waals surface area contributed by atoms with Crippen molar-refractivity contribution in [2.24, 2.45) is 0 Å². The molecule has 1 heterocycles. The van der Waals surface area contributed by atoms with E-state index in [1.165, 1.54) is 6.66 Å². The molecule has 0 aromatic rings. The lowest BCUT2D eigenvalue weighted by atomic mass is 10.2. The molecular formula is C7H15O5P. The molecule has 0 bridgehead atoms. The minimum Gasteiger partial charge on any atom is -0.382 e. The standard InChI is InChI=1S/C7H15O5P/c1-10-5-7-6(3-4-11-7)12-13(2,8)9/h6-7H,3-5H2,1-2H3,(H,8,9)/t6?,7-/m1/s1. The summed E-state index contributed by atoms with van der Waals surface area (Å²) in [4.78, 5) is 9.00. The molecule has 0 spiro atoms. The summed E-state index contributed by atoms with van der Waals surface area (Å²) in [7, 11) is -1.85. The van der Waals surface area contributed by atoms with E-state index in [2.05, 4.69) is 0 Å². The molecule has 0 saturated carbocycles. The lowest BCUT2D eigenvalue weighted by Crippen LogP contribution is -2.27. The van der Waals surface area contributed by atoms with Crippen molar-refractivity contribution >= 4 is 7.60 Å². The van der Waals surface area contributed by atoms with Crippen molar-refractivity contribution in [1.82, 2.24) is 0 Å². The van der Waals surface area contributed by atoms with E-state index >= 15 is 0 Å². The third kappa shape index (κ3) is 3.75. The first-order chi connectivity index (χ1) is 6.03. The molecule has 1 aliphatic rings. The van der Waals surface area contributed by atoms with Crippen LogP contribution in [0.1, 0.15) is 6.42 Å². The third-order valence-corrected chi connectivity index (χ3v) is 2.47. The highest BCUT2D eigenvalue weighted by Gasteiger charge is 2.32. The highest BCUT2D eigenvalue weighted by Crippen LogP contribution is 2.41. The molecule has 1 rings (SSSR count). The Labute approximate surface area is 77.5 Å². The summed E-state index contributed by atoms with van der Waals surface area (Å²) in [5.74, 6) is 0. The van der Waals surface area contributed by atoms with Gasteiger partial charge in [-0.05, 0) is 0 Å². The lowest BCUT2D eigenvalue weighted by Gasteiger charge is -2.19. The van der Waals surface area contributed by atoms with Gasteiger partial charge in [0.2, 0.25) is 0 Å². The van der Waals surface area contributed by atoms with Crippen LogP contribution in [0.3, 0.4) is 0 Å². The van der Waals surface area contributed by atoms with E-state index in [9.17, 15) is 4.57 Å². The van der Waals surface area contributed by atoms with Crippen molar-refractivity contribution in [2.45, 2.75) is 18.6 Å². The molecule has 0 amide bonds. The zero-order chi connectivity index (χ0) is 9.90. The Balaban J connectivity index is 2.44. The molecule has 0 aliphatic carbocycles. The van der Waals surface area contributed by atoms with E-state index in [4.69, 9.17) is 18.9 Å². The number of hydrogen-bond donors (Lipinski definition) is 1. The van der Waals surface area contributed by atoms with Crippen molar-refractivity contribution in [1.29, 1.82) is 0 Å². The molecule has 78 valence electrons. The molecule has 5 nitrogen and oxygen atoms in total. The van der Waals surface area contributed by atoms with Gasteiger partial charge in [0, 0.05) is 26.8 Å². The van der Waals surface area contributed by atoms with Crippen LogP contribution in [-0.4, -0.2) is 44.1 Å². The molecule has 1 fully saturated rings. The molecule has 0 radical (unpaired) electrons. The normalized spacial score (nSPS) is 33.2. The second-order valence-corrected chi connectivity index (χ2v) is 4.92. The van der Waals surface area contributed by atoms with Gasteiger partial charge in [-0.15, -0.1) is 0 Å². The molecule has 1 N–H and O–H groups in total. The van der Waals surface area contributed by atoms with Crippen molar-refractivity contribution in [3.63, 3.8) is 0 Å². The van der Waals surface area contributed by atoms with Gasteiger partial charge in [0.25, 0.3) is 0 Å². The maximum atomic E-state index is 11.0. The summed E-state index contributed by atoms with van der Waals surface area (Å²) in [6.45, 7) is 2.12. The fraction of sp³-hybridized carbons (Fsp3) is 1.00. The second-order valence-electron chi connectivity index (χ2n) is 3.10. The predicted octanol–water partition coefficient (Wildman–Crippen LogP) is 0.622. The summed E-state index contributed by atoms with van der Waals surface area (Å²) in [6, 6.07) is 0. The zero-order valence-electron chi connectivity index (χ0n) is 7.80. The monoisotopic (exact) mass is 210 g/mol. The molecule has 3 atom stereocenters. The van der Waals surface area contributed by atoms with E-state index in [0.29, 0.717) is 19.6 Å². The average molecular weight is 210 g/mol. The van der Waals surface area contributed by atoms with Crippen LogP contribution in [0.5, 0.6) is 0 Å². The Hall–Kier alpha value is 0.0700. The quantitative estimate of drug-likeness (QED) is 0.689. The van der Waals surface area contributed by atoms with Gasteiger partial charge < -0.3 is 18.9 Å². The van der Waals surface area contributed by atoms with Crippen LogP contribution < -0.4 is 0 Å². The lowest BCUT2D eigenvalue weighted by molar-refractivity contribution is -0.00458. The number of methoxy groups -OCH3 is 1. The molecule has 1 saturated heterocycles. The van der Waals surface area contributed by atoms with Crippen LogP contribution in [0.4, 0.5) is 0 Å². The van der Waals surface area contributed by atoms with E-state index in [-0.39, 0.29) is 12.2 Å². The van der Waals surface area contributed by atoms with Gasteiger partial charge in [0.05, 0.1) is 12.7 Å². The third-order valence-electron chi connectivity index (χ3n) is 1.81. The first kappa shape index (κ1) is 11.1. The van der Waals surface area contributed by atoms with Crippen LogP contribution in [0.15, 0.2) is 0 Å². The van der Waals surface area contributed by atoms with Crippen molar-refractivity contribution in [2.75, 3.05) is 27.0 Å². The van der Waals surface area contributed by atoms with E-state index in [1.807, 2.05) is 0 Å². The Morgan fingerprint density at radius 1 is 1.69 bits per heavy atom. The molecule has 13 heavy (non-hydrogen) atoms. The highest BCUT2D eigenvalue weighted by atomic mass is 31.2. The van der Waals surface area contributed by atoms with Crippen LogP contribution in [0, 0.1) is 0 Å². The van der Waals surface area contributed by atoms with Crippen molar-refractivity contribution in [3.8, 4) is 0 Å². The van der Waals surface area contributed by atoms with Crippen LogP contribution in [0.2, 0.25) is 0 Å². The average Bonchev–Trinajstić information content (AvgIpc) is 2.34. The zero-order valence-corrected chi connectivity index (χ0v) is 8.70. The van der Waals surface area contributed by atoms with E-state index in [0.717, 1.165) is 0 Å². The van der Waals surface area contributed by atoms with Crippen LogP contribution in [0.25, 0.3) is 0 Å². The van der Waals surface area contributed by atoms with Crippen LogP contribution in [-0.2, 0) is 18.6 Å². The summed E-state index contributed by atoms with van der Waals surface area (Å²) in [5, 5.41) is 0. The van der Waals surface area contributed by atoms with Gasteiger partial charge in [-0.1, -0.05) is 0 Å². The summed E-state index contributed by atoms with van der Waals surface area (Å²) in [5.41, 5.74) is 0. The van der Waals surface area contributed by atoms with Crippen molar-refractivity contribution < 1.29 is 23.5 Å². The SMILES string of the molecule is COC[C@H]1OCCC1OP(C)(=O)O. The number of ether oxygens (including phenoxy) is 2. The second kappa shape index (κ2) is 4.53. The van der Waals surface area contributed by atoms with Crippen molar-refractivity contribution in [3.05, 3.63) is 0 Å². The molecule has 2 unspecified atom stereocenters. The fourth-order valence-corrected chi connectivity index (χ4v) is 2.06. The van der Waals surface area contributed by atoms with Gasteiger partial charge in [-0.3, -0.25) is 4.57 Å². The number of hydrogen-bond acceptors (Lipinski definition) is 4. The topological polar surface area (TPSA) is 65.0 Å². The molecule has 1 aliphatic heterocycles. The maximum Gasteiger partial charge on any atom is 0.325 e.